The van der Waals surface area contributed by atoms with Crippen molar-refractivity contribution in [2.45, 2.75) is 46.6 Å². The maximum Gasteiger partial charge on any atom is 0.160 e. The van der Waals surface area contributed by atoms with Crippen molar-refractivity contribution in [2.24, 2.45) is 10.4 Å². The normalized spacial score (nSPS) is 22.9. The second-order valence-electron chi connectivity index (χ2n) is 10.2. The first-order valence-corrected chi connectivity index (χ1v) is 12.9. The van der Waals surface area contributed by atoms with Crippen LogP contribution in [0.3, 0.4) is 0 Å². The van der Waals surface area contributed by atoms with Crippen LogP contribution in [0, 0.1) is 26.2 Å². The molecule has 1 aromatic carbocycles. The van der Waals surface area contributed by atoms with Gasteiger partial charge < -0.3 is 9.80 Å². The number of piperidine rings is 1. The molecule has 7 heteroatoms. The van der Waals surface area contributed by atoms with Gasteiger partial charge in [0.1, 0.15) is 17.4 Å². The van der Waals surface area contributed by atoms with E-state index in [2.05, 4.69) is 69.7 Å². The van der Waals surface area contributed by atoms with Gasteiger partial charge in [0.2, 0.25) is 0 Å². The van der Waals surface area contributed by atoms with Crippen molar-refractivity contribution in [1.29, 1.82) is 0 Å². The van der Waals surface area contributed by atoms with E-state index in [4.69, 9.17) is 4.99 Å². The lowest BCUT2D eigenvalue weighted by Crippen LogP contribution is -2.42. The van der Waals surface area contributed by atoms with E-state index < -0.39 is 0 Å². The highest BCUT2D eigenvalue weighted by Gasteiger charge is 2.40. The molecule has 3 aromatic rings. The highest BCUT2D eigenvalue weighted by molar-refractivity contribution is 7.15. The van der Waals surface area contributed by atoms with Crippen LogP contribution in [-0.4, -0.2) is 58.6 Å². The third-order valence-corrected chi connectivity index (χ3v) is 9.07. The minimum Gasteiger partial charge on any atom is -0.371 e. The van der Waals surface area contributed by atoms with Crippen molar-refractivity contribution < 1.29 is 0 Å². The molecule has 2 aromatic heterocycles. The Labute approximate surface area is 200 Å². The minimum absolute atomic E-state index is 0.476. The molecule has 2 fully saturated rings. The van der Waals surface area contributed by atoms with Crippen molar-refractivity contribution >= 4 is 22.7 Å². The fourth-order valence-electron chi connectivity index (χ4n) is 6.06. The number of aliphatic imine (C=N–C) groups is 1. The molecule has 0 saturated carbocycles. The molecule has 1 spiro atoms. The van der Waals surface area contributed by atoms with E-state index in [0.717, 1.165) is 23.9 Å². The Balaban J connectivity index is 1.31. The monoisotopic (exact) mass is 460 g/mol. The second kappa shape index (κ2) is 7.77. The van der Waals surface area contributed by atoms with E-state index in [9.17, 15) is 0 Å². The zero-order valence-electron chi connectivity index (χ0n) is 20.1. The molecule has 6 rings (SSSR count). The minimum atomic E-state index is 0.476. The van der Waals surface area contributed by atoms with E-state index in [0.29, 0.717) is 12.0 Å². The zero-order valence-corrected chi connectivity index (χ0v) is 20.9. The summed E-state index contributed by atoms with van der Waals surface area (Å²) in [5.74, 6) is 1.84. The molecule has 2 saturated heterocycles. The van der Waals surface area contributed by atoms with Gasteiger partial charge in [0, 0.05) is 46.7 Å². The molecule has 5 heterocycles. The summed E-state index contributed by atoms with van der Waals surface area (Å²) < 4.78 is 2.19. The van der Waals surface area contributed by atoms with Gasteiger partial charge in [-0.2, -0.15) is 0 Å². The summed E-state index contributed by atoms with van der Waals surface area (Å²) in [4.78, 5) is 11.5. The van der Waals surface area contributed by atoms with Gasteiger partial charge in [-0.15, -0.1) is 21.5 Å². The maximum absolute atomic E-state index is 5.05. The Morgan fingerprint density at radius 2 is 1.79 bits per heavy atom. The summed E-state index contributed by atoms with van der Waals surface area (Å²) in [5, 5.41) is 9.91. The number of anilines is 1. The van der Waals surface area contributed by atoms with Crippen molar-refractivity contribution in [3.63, 3.8) is 0 Å². The van der Waals surface area contributed by atoms with Gasteiger partial charge >= 0.3 is 0 Å². The first-order valence-electron chi connectivity index (χ1n) is 12.0. The van der Waals surface area contributed by atoms with Gasteiger partial charge in [-0.3, -0.25) is 9.56 Å². The molecule has 0 aliphatic carbocycles. The third-order valence-electron chi connectivity index (χ3n) is 7.87. The van der Waals surface area contributed by atoms with Gasteiger partial charge in [0.15, 0.2) is 5.82 Å². The molecule has 0 bridgehead atoms. The Morgan fingerprint density at radius 1 is 0.970 bits per heavy atom. The molecule has 0 N–H and O–H groups in total. The second-order valence-corrected chi connectivity index (χ2v) is 11.4. The number of rotatable bonds is 2. The summed E-state index contributed by atoms with van der Waals surface area (Å²) in [6.45, 7) is 11.8. The Bertz CT molecular complexity index is 1240. The highest BCUT2D eigenvalue weighted by Crippen LogP contribution is 2.41. The molecule has 1 unspecified atom stereocenters. The van der Waals surface area contributed by atoms with Crippen LogP contribution in [0.4, 0.5) is 5.69 Å². The van der Waals surface area contributed by atoms with Crippen LogP contribution in [0.15, 0.2) is 29.3 Å². The molecule has 3 aliphatic heterocycles. The molecular formula is C26H32N6S. The van der Waals surface area contributed by atoms with Gasteiger partial charge in [0.25, 0.3) is 0 Å². The Morgan fingerprint density at radius 3 is 2.58 bits per heavy atom. The number of thiophene rings is 1. The van der Waals surface area contributed by atoms with Crippen LogP contribution >= 0.6 is 11.3 Å². The average Bonchev–Trinajstić information content (AvgIpc) is 3.42. The first-order chi connectivity index (χ1) is 15.9. The van der Waals surface area contributed by atoms with Crippen LogP contribution < -0.4 is 4.90 Å². The molecule has 6 nitrogen and oxygen atoms in total. The molecule has 0 amide bonds. The summed E-state index contributed by atoms with van der Waals surface area (Å²) in [5.41, 5.74) is 6.62. The highest BCUT2D eigenvalue weighted by atomic mass is 32.1. The number of hydrogen-bond acceptors (Lipinski definition) is 6. The number of likely N-dealkylation sites (tertiary alicyclic amines) is 1. The third kappa shape index (κ3) is 3.44. The molecule has 1 atom stereocenters. The van der Waals surface area contributed by atoms with Crippen molar-refractivity contribution in [3.05, 3.63) is 57.5 Å². The Hall–Kier alpha value is -2.51. The summed E-state index contributed by atoms with van der Waals surface area (Å²) in [6.07, 6.45) is 4.00. The summed E-state index contributed by atoms with van der Waals surface area (Å²) >= 11 is 1.82. The fraction of sp³-hybridized carbons (Fsp3) is 0.500. The SMILES string of the molecule is Cc1sc2c(c1C)C(c1ccc(N3CCC4(CCCN(C)C4)C3)cc1)=NCc1nnc(C)n1-2. The van der Waals surface area contributed by atoms with Crippen LogP contribution in [-0.2, 0) is 6.54 Å². The van der Waals surface area contributed by atoms with Gasteiger partial charge in [0.05, 0.1) is 5.71 Å². The maximum atomic E-state index is 5.05. The largest absolute Gasteiger partial charge is 0.371 e. The molecule has 0 radical (unpaired) electrons. The van der Waals surface area contributed by atoms with Crippen molar-refractivity contribution in [2.75, 3.05) is 38.1 Å². The summed E-state index contributed by atoms with van der Waals surface area (Å²) in [7, 11) is 2.28. The van der Waals surface area contributed by atoms with Crippen LogP contribution in [0.1, 0.15) is 52.5 Å². The molecule has 3 aliphatic rings. The number of aromatic nitrogens is 3. The lowest BCUT2D eigenvalue weighted by atomic mass is 9.79. The Kier molecular flexibility index (Phi) is 4.96. The van der Waals surface area contributed by atoms with E-state index in [1.807, 2.05) is 18.3 Å². The summed E-state index contributed by atoms with van der Waals surface area (Å²) in [6, 6.07) is 9.13. The van der Waals surface area contributed by atoms with Gasteiger partial charge in [-0.25, -0.2) is 0 Å². The van der Waals surface area contributed by atoms with Crippen molar-refractivity contribution in [3.8, 4) is 5.00 Å². The lowest BCUT2D eigenvalue weighted by Gasteiger charge is -2.38. The number of fused-ring (bicyclic) bond motifs is 3. The standard InChI is InChI=1S/C26H32N6S/c1-17-18(2)33-25-23(17)24(27-14-22-29-28-19(3)32(22)25)20-6-8-21(9-7-20)31-13-11-26(16-31)10-5-12-30(4)15-26/h6-9H,5,10-16H2,1-4H3. The predicted octanol–water partition coefficient (Wildman–Crippen LogP) is 4.53. The van der Waals surface area contributed by atoms with E-state index in [-0.39, 0.29) is 0 Å². The van der Waals surface area contributed by atoms with Gasteiger partial charge in [-0.1, -0.05) is 12.1 Å². The van der Waals surface area contributed by atoms with Crippen molar-refractivity contribution in [1.82, 2.24) is 19.7 Å². The number of hydrogen-bond donors (Lipinski definition) is 0. The lowest BCUT2D eigenvalue weighted by molar-refractivity contribution is 0.128. The molecular weight excluding hydrogens is 428 g/mol. The number of nitrogens with zero attached hydrogens (tertiary/aromatic N) is 6. The molecule has 33 heavy (non-hydrogen) atoms. The number of benzene rings is 1. The molecule has 172 valence electrons. The zero-order chi connectivity index (χ0) is 22.7. The van der Waals surface area contributed by atoms with E-state index >= 15 is 0 Å². The van der Waals surface area contributed by atoms with E-state index in [1.165, 1.54) is 71.2 Å². The predicted molar refractivity (Wildman–Crippen MR) is 135 cm³/mol. The quantitative estimate of drug-likeness (QED) is 0.564. The average molecular weight is 461 g/mol. The van der Waals surface area contributed by atoms with Crippen LogP contribution in [0.2, 0.25) is 0 Å². The van der Waals surface area contributed by atoms with Crippen LogP contribution in [0.5, 0.6) is 0 Å². The van der Waals surface area contributed by atoms with E-state index in [1.54, 1.807) is 0 Å². The number of aryl methyl sites for hydroxylation is 2. The topological polar surface area (TPSA) is 49.6 Å². The van der Waals surface area contributed by atoms with Gasteiger partial charge in [-0.05, 0) is 71.3 Å². The smallest absolute Gasteiger partial charge is 0.160 e. The first kappa shape index (κ1) is 21.1. The van der Waals surface area contributed by atoms with Crippen LogP contribution in [0.25, 0.3) is 5.00 Å². The fourth-order valence-corrected chi connectivity index (χ4v) is 7.28.